The van der Waals surface area contributed by atoms with Crippen LogP contribution in [0.3, 0.4) is 0 Å². The minimum absolute atomic E-state index is 0.302. The van der Waals surface area contributed by atoms with Crippen molar-refractivity contribution in [2.24, 2.45) is 3.38 Å². The molecule has 8 rings (SSSR count). The van der Waals surface area contributed by atoms with E-state index in [1.807, 2.05) is 0 Å². The predicted octanol–water partition coefficient (Wildman–Crippen LogP) is 7.78. The van der Waals surface area contributed by atoms with Crippen molar-refractivity contribution in [2.45, 2.75) is 9.79 Å². The first kappa shape index (κ1) is 34.9. The fraction of sp³-hybridized carbons (Fsp3) is 0. The summed E-state index contributed by atoms with van der Waals surface area (Å²) in [6, 6.07) is 86.4. The van der Waals surface area contributed by atoms with Crippen LogP contribution in [0.25, 0.3) is 0 Å². The maximum absolute atomic E-state index is 5.51. The van der Waals surface area contributed by atoms with Gasteiger partial charge >= 0.3 is 168 Å². The first-order chi connectivity index (χ1) is 25.8. The second kappa shape index (κ2) is 17.6. The van der Waals surface area contributed by atoms with E-state index in [2.05, 4.69) is 243 Å². The Balaban J connectivity index is 0.000000162. The Morgan fingerprint density at radius 3 is 0.788 bits per heavy atom. The SMILES string of the molecule is c1ccc(S(=N[Se+](c2ccccc2)c2ccccc2)c2ccccc2)cc1.c1ccc([B-](c2ccccc2)(c2ccccc2)c2ccccc2)cc1. The van der Waals surface area contributed by atoms with E-state index in [0.717, 1.165) is 0 Å². The third-order valence-corrected chi connectivity index (χ3v) is 15.8. The zero-order chi connectivity index (χ0) is 35.3. The number of rotatable bonds is 9. The Morgan fingerprint density at radius 2 is 0.519 bits per heavy atom. The van der Waals surface area contributed by atoms with Crippen molar-refractivity contribution in [2.75, 3.05) is 0 Å². The molecule has 8 aromatic rings. The average molecular weight is 753 g/mol. The Kier molecular flexibility index (Phi) is 11.8. The molecule has 0 bridgehead atoms. The fourth-order valence-electron chi connectivity index (χ4n) is 6.84. The molecule has 0 atom stereocenters. The predicted molar refractivity (Wildman–Crippen MR) is 227 cm³/mol. The number of nitrogens with zero attached hydrogens (tertiary/aromatic N) is 1. The minimum atomic E-state index is -1.54. The van der Waals surface area contributed by atoms with Gasteiger partial charge in [0.15, 0.2) is 0 Å². The van der Waals surface area contributed by atoms with Gasteiger partial charge in [0.1, 0.15) is 6.15 Å². The van der Waals surface area contributed by atoms with Crippen molar-refractivity contribution in [1.82, 2.24) is 0 Å². The molecular formula is C48H40BNSSe. The Morgan fingerprint density at radius 1 is 0.288 bits per heavy atom. The van der Waals surface area contributed by atoms with Gasteiger partial charge < -0.3 is 0 Å². The largest absolute Gasteiger partial charge is 0.195 e. The Bertz CT molecular complexity index is 2010. The molecule has 0 unspecified atom stereocenters. The van der Waals surface area contributed by atoms with Gasteiger partial charge in [-0.2, -0.15) is 21.9 Å². The van der Waals surface area contributed by atoms with E-state index in [1.165, 1.54) is 40.6 Å². The molecule has 0 heterocycles. The summed E-state index contributed by atoms with van der Waals surface area (Å²) in [6.45, 7) is 0. The first-order valence-electron chi connectivity index (χ1n) is 17.6. The van der Waals surface area contributed by atoms with Crippen molar-refractivity contribution < 1.29 is 0 Å². The van der Waals surface area contributed by atoms with E-state index in [0.29, 0.717) is 0 Å². The molecule has 0 aromatic heterocycles. The second-order valence-electron chi connectivity index (χ2n) is 12.4. The number of benzene rings is 8. The van der Waals surface area contributed by atoms with Crippen LogP contribution in [0.5, 0.6) is 0 Å². The summed E-state index contributed by atoms with van der Waals surface area (Å²) in [5.74, 6) is 0. The van der Waals surface area contributed by atoms with Crippen LogP contribution in [-0.4, -0.2) is 20.3 Å². The normalized spacial score (nSPS) is 11.0. The van der Waals surface area contributed by atoms with E-state index in [4.69, 9.17) is 3.38 Å². The Hall–Kier alpha value is -5.51. The van der Waals surface area contributed by atoms with Gasteiger partial charge in [-0.15, -0.1) is 0 Å². The molecule has 0 amide bonds. The van der Waals surface area contributed by atoms with Gasteiger partial charge in [-0.05, 0) is 0 Å². The zero-order valence-electron chi connectivity index (χ0n) is 28.9. The van der Waals surface area contributed by atoms with Crippen LogP contribution in [-0.2, 0) is 10.7 Å². The summed E-state index contributed by atoms with van der Waals surface area (Å²) in [7, 11) is -0.302. The summed E-state index contributed by atoms with van der Waals surface area (Å²) < 4.78 is 8.19. The molecular weight excluding hydrogens is 712 g/mol. The van der Waals surface area contributed by atoms with Crippen LogP contribution in [0.2, 0.25) is 0 Å². The molecule has 0 saturated heterocycles. The van der Waals surface area contributed by atoms with Gasteiger partial charge in [-0.25, -0.2) is 0 Å². The molecule has 8 aromatic carbocycles. The maximum atomic E-state index is 5.51. The smallest absolute Gasteiger partial charge is 0.108 e. The van der Waals surface area contributed by atoms with Crippen LogP contribution in [0.4, 0.5) is 0 Å². The molecule has 0 fully saturated rings. The van der Waals surface area contributed by atoms with Crippen molar-refractivity contribution >= 4 is 61.7 Å². The van der Waals surface area contributed by atoms with Crippen molar-refractivity contribution in [3.8, 4) is 0 Å². The van der Waals surface area contributed by atoms with Crippen molar-refractivity contribution in [3.63, 3.8) is 0 Å². The molecule has 0 aliphatic heterocycles. The van der Waals surface area contributed by atoms with Crippen LogP contribution in [0.1, 0.15) is 0 Å². The molecule has 52 heavy (non-hydrogen) atoms. The summed E-state index contributed by atoms with van der Waals surface area (Å²) in [6.07, 6.45) is -1.22. The summed E-state index contributed by atoms with van der Waals surface area (Å²) >= 11 is -1.54. The quantitative estimate of drug-likeness (QED) is 0.134. The summed E-state index contributed by atoms with van der Waals surface area (Å²) in [4.78, 5) is 2.54. The van der Waals surface area contributed by atoms with E-state index >= 15 is 0 Å². The van der Waals surface area contributed by atoms with E-state index < -0.39 is 20.3 Å². The van der Waals surface area contributed by atoms with Gasteiger partial charge in [0.2, 0.25) is 0 Å². The van der Waals surface area contributed by atoms with E-state index in [9.17, 15) is 0 Å². The van der Waals surface area contributed by atoms with Crippen molar-refractivity contribution in [3.05, 3.63) is 243 Å². The second-order valence-corrected chi connectivity index (χ2v) is 18.2. The Labute approximate surface area is 315 Å². The molecule has 252 valence electrons. The molecule has 1 nitrogen and oxygen atoms in total. The van der Waals surface area contributed by atoms with Gasteiger partial charge in [-0.3, -0.25) is 0 Å². The summed E-state index contributed by atoms with van der Waals surface area (Å²) in [5, 5.41) is 0. The van der Waals surface area contributed by atoms with Crippen LogP contribution in [0.15, 0.2) is 256 Å². The topological polar surface area (TPSA) is 12.4 Å². The molecule has 0 aliphatic carbocycles. The van der Waals surface area contributed by atoms with Crippen molar-refractivity contribution in [1.29, 1.82) is 0 Å². The average Bonchev–Trinajstić information content (AvgIpc) is 3.25. The molecule has 0 N–H and O–H groups in total. The number of hydrogen-bond donors (Lipinski definition) is 0. The molecule has 4 heteroatoms. The number of hydrogen-bond acceptors (Lipinski definition) is 1. The van der Waals surface area contributed by atoms with Crippen LogP contribution >= 0.6 is 0 Å². The van der Waals surface area contributed by atoms with Gasteiger partial charge in [0, 0.05) is 0 Å². The molecule has 0 spiro atoms. The first-order valence-corrected chi connectivity index (χ1v) is 21.3. The van der Waals surface area contributed by atoms with Crippen LogP contribution < -0.4 is 30.8 Å². The van der Waals surface area contributed by atoms with Gasteiger partial charge in [-0.1, -0.05) is 121 Å². The molecule has 0 radical (unpaired) electrons. The van der Waals surface area contributed by atoms with E-state index in [-0.39, 0.29) is 10.7 Å². The third-order valence-electron chi connectivity index (χ3n) is 9.21. The van der Waals surface area contributed by atoms with Gasteiger partial charge in [0.25, 0.3) is 0 Å². The third kappa shape index (κ3) is 8.01. The standard InChI is InChI=1S/C24H20B.C24H20NSSe/c1-5-13-21(14-6-1)25(22-15-7-2-8-16-22,23-17-9-3-10-18-23)24-19-11-4-12-20-24;1-5-13-21(14-6-1)26(22-15-7-2-8-16-22)25-27(23-17-9-3-10-18-23)24-19-11-4-12-20-24/h1-20H;1-20H/q-1;+1. The maximum Gasteiger partial charge on any atom is 0.108 e. The van der Waals surface area contributed by atoms with Crippen LogP contribution in [0, 0.1) is 0 Å². The zero-order valence-corrected chi connectivity index (χ0v) is 31.5. The monoisotopic (exact) mass is 753 g/mol. The molecule has 0 saturated carbocycles. The van der Waals surface area contributed by atoms with Gasteiger partial charge in [0.05, 0.1) is 0 Å². The summed E-state index contributed by atoms with van der Waals surface area (Å²) in [5.41, 5.74) is 5.36. The minimum Gasteiger partial charge on any atom is -0.195 e. The fourth-order valence-corrected chi connectivity index (χ4v) is 13.9. The molecule has 0 aliphatic rings. The van der Waals surface area contributed by atoms with E-state index in [1.54, 1.807) is 0 Å².